The highest BCUT2D eigenvalue weighted by atomic mass is 15.1. The Morgan fingerprint density at radius 2 is 0.773 bits per heavy atom. The summed E-state index contributed by atoms with van der Waals surface area (Å²) in [4.78, 5) is 2.52. The second kappa shape index (κ2) is 17.5. The number of unbranched alkanes of at least 4 members (excludes halogenated alkanes) is 9. The third-order valence-electron chi connectivity index (χ3n) is 3.79. The molecule has 4 heteroatoms. The van der Waals surface area contributed by atoms with Crippen LogP contribution in [0, 0.1) is 34.0 Å². The monoisotopic (exact) mass is 302 g/mol. The fourth-order valence-electron chi connectivity index (χ4n) is 2.48. The third-order valence-corrected chi connectivity index (χ3v) is 3.79. The van der Waals surface area contributed by atoms with Crippen LogP contribution in [0.5, 0.6) is 0 Å². The van der Waals surface area contributed by atoms with E-state index in [1.807, 2.05) is 0 Å². The number of nitriles is 3. The van der Waals surface area contributed by atoms with E-state index in [0.29, 0.717) is 19.3 Å². The molecule has 0 rings (SSSR count). The SMILES string of the molecule is N#CCCCCCN(CCCCCC#N)CCCCCC#N. The Bertz CT molecular complexity index is 302. The van der Waals surface area contributed by atoms with E-state index in [-0.39, 0.29) is 0 Å². The highest BCUT2D eigenvalue weighted by molar-refractivity contribution is 4.70. The van der Waals surface area contributed by atoms with Crippen LogP contribution >= 0.6 is 0 Å². The van der Waals surface area contributed by atoms with Crippen molar-refractivity contribution in [1.82, 2.24) is 4.90 Å². The van der Waals surface area contributed by atoms with Crippen molar-refractivity contribution in [2.45, 2.75) is 77.0 Å². The van der Waals surface area contributed by atoms with Crippen LogP contribution in [-0.2, 0) is 0 Å². The number of rotatable bonds is 15. The first kappa shape index (κ1) is 20.4. The summed E-state index contributed by atoms with van der Waals surface area (Å²) >= 11 is 0. The molecule has 122 valence electrons. The van der Waals surface area contributed by atoms with Gasteiger partial charge < -0.3 is 4.90 Å². The van der Waals surface area contributed by atoms with Crippen LogP contribution in [0.4, 0.5) is 0 Å². The van der Waals surface area contributed by atoms with Crippen LogP contribution in [0.3, 0.4) is 0 Å². The van der Waals surface area contributed by atoms with Crippen molar-refractivity contribution in [3.05, 3.63) is 0 Å². The largest absolute Gasteiger partial charge is 0.303 e. The fraction of sp³-hybridized carbons (Fsp3) is 0.833. The summed E-state index contributed by atoms with van der Waals surface area (Å²) in [6, 6.07) is 6.59. The molecule has 0 aliphatic carbocycles. The molecule has 0 fully saturated rings. The van der Waals surface area contributed by atoms with E-state index in [1.54, 1.807) is 0 Å². The fourth-order valence-corrected chi connectivity index (χ4v) is 2.48. The summed E-state index contributed by atoms with van der Waals surface area (Å²) in [6.45, 7) is 3.34. The molecule has 0 saturated heterocycles. The van der Waals surface area contributed by atoms with E-state index in [0.717, 1.165) is 77.4 Å². The van der Waals surface area contributed by atoms with Gasteiger partial charge in [-0.2, -0.15) is 15.8 Å². The van der Waals surface area contributed by atoms with Crippen molar-refractivity contribution in [2.75, 3.05) is 19.6 Å². The topological polar surface area (TPSA) is 74.6 Å². The lowest BCUT2D eigenvalue weighted by molar-refractivity contribution is 0.255. The van der Waals surface area contributed by atoms with Crippen LogP contribution in [-0.4, -0.2) is 24.5 Å². The van der Waals surface area contributed by atoms with Crippen molar-refractivity contribution < 1.29 is 0 Å². The Hall–Kier alpha value is -1.57. The number of hydrogen-bond acceptors (Lipinski definition) is 4. The highest BCUT2D eigenvalue weighted by Crippen LogP contribution is 2.08. The molecule has 0 atom stereocenters. The van der Waals surface area contributed by atoms with E-state index in [1.165, 1.54) is 0 Å². The number of hydrogen-bond donors (Lipinski definition) is 0. The van der Waals surface area contributed by atoms with Gasteiger partial charge in [0.1, 0.15) is 0 Å². The molecule has 0 saturated carbocycles. The Kier molecular flexibility index (Phi) is 16.2. The van der Waals surface area contributed by atoms with Gasteiger partial charge in [0, 0.05) is 19.3 Å². The first-order valence-electron chi connectivity index (χ1n) is 8.68. The average molecular weight is 302 g/mol. The zero-order valence-corrected chi connectivity index (χ0v) is 13.9. The molecule has 0 heterocycles. The van der Waals surface area contributed by atoms with Crippen molar-refractivity contribution in [2.24, 2.45) is 0 Å². The van der Waals surface area contributed by atoms with Crippen LogP contribution < -0.4 is 0 Å². The first-order chi connectivity index (χ1) is 10.8. The normalized spacial score (nSPS) is 10.1. The molecular weight excluding hydrogens is 272 g/mol. The van der Waals surface area contributed by atoms with Crippen molar-refractivity contribution >= 4 is 0 Å². The zero-order valence-electron chi connectivity index (χ0n) is 13.9. The van der Waals surface area contributed by atoms with Gasteiger partial charge >= 0.3 is 0 Å². The maximum absolute atomic E-state index is 8.54. The van der Waals surface area contributed by atoms with Gasteiger partial charge in [0.25, 0.3) is 0 Å². The molecule has 0 aliphatic heterocycles. The molecule has 4 nitrogen and oxygen atoms in total. The Balaban J connectivity index is 3.80. The van der Waals surface area contributed by atoms with Gasteiger partial charge in [-0.25, -0.2) is 0 Å². The Morgan fingerprint density at radius 1 is 0.455 bits per heavy atom. The minimum Gasteiger partial charge on any atom is -0.303 e. The smallest absolute Gasteiger partial charge is 0.0621 e. The molecule has 0 aromatic carbocycles. The van der Waals surface area contributed by atoms with Gasteiger partial charge in [0.15, 0.2) is 0 Å². The van der Waals surface area contributed by atoms with Crippen LogP contribution in [0.15, 0.2) is 0 Å². The third kappa shape index (κ3) is 14.8. The van der Waals surface area contributed by atoms with Crippen LogP contribution in [0.2, 0.25) is 0 Å². The first-order valence-corrected chi connectivity index (χ1v) is 8.68. The van der Waals surface area contributed by atoms with Gasteiger partial charge in [-0.3, -0.25) is 0 Å². The average Bonchev–Trinajstić information content (AvgIpc) is 2.53. The molecule has 0 aromatic heterocycles. The molecule has 0 amide bonds. The molecule has 22 heavy (non-hydrogen) atoms. The van der Waals surface area contributed by atoms with Gasteiger partial charge in [-0.05, 0) is 58.2 Å². The Morgan fingerprint density at radius 3 is 1.05 bits per heavy atom. The summed E-state index contributed by atoms with van der Waals surface area (Å²) in [5, 5.41) is 25.6. The molecule has 0 N–H and O–H groups in total. The van der Waals surface area contributed by atoms with Gasteiger partial charge in [0.2, 0.25) is 0 Å². The predicted octanol–water partition coefficient (Wildman–Crippen LogP) is 4.54. The van der Waals surface area contributed by atoms with E-state index in [9.17, 15) is 0 Å². The highest BCUT2D eigenvalue weighted by Gasteiger charge is 2.04. The van der Waals surface area contributed by atoms with Gasteiger partial charge in [0.05, 0.1) is 18.2 Å². The molecule has 0 aliphatic rings. The van der Waals surface area contributed by atoms with Crippen molar-refractivity contribution in [3.8, 4) is 18.2 Å². The van der Waals surface area contributed by atoms with E-state index in [2.05, 4.69) is 23.1 Å². The quantitative estimate of drug-likeness (QED) is 0.416. The lowest BCUT2D eigenvalue weighted by Crippen LogP contribution is -2.27. The van der Waals surface area contributed by atoms with Gasteiger partial charge in [-0.15, -0.1) is 0 Å². The molecular formula is C18H30N4. The molecule has 0 bridgehead atoms. The molecule has 0 unspecified atom stereocenters. The minimum absolute atomic E-state index is 0.669. The van der Waals surface area contributed by atoms with E-state index in [4.69, 9.17) is 15.8 Å². The van der Waals surface area contributed by atoms with E-state index < -0.39 is 0 Å². The molecule has 0 aromatic rings. The summed E-state index contributed by atoms with van der Waals surface area (Å²) in [7, 11) is 0. The predicted molar refractivity (Wildman–Crippen MR) is 88.7 cm³/mol. The standard InChI is InChI=1S/C18H30N4/c19-13-7-1-4-10-16-22(17-11-5-2-8-14-20)18-12-6-3-9-15-21/h1-12,16-18H2. The second-order valence-corrected chi connectivity index (χ2v) is 5.75. The maximum Gasteiger partial charge on any atom is 0.0621 e. The molecule has 0 spiro atoms. The zero-order chi connectivity index (χ0) is 16.3. The minimum atomic E-state index is 0.669. The van der Waals surface area contributed by atoms with Crippen molar-refractivity contribution in [1.29, 1.82) is 15.8 Å². The summed E-state index contributed by atoms with van der Waals surface area (Å²) in [6.07, 6.45) is 11.9. The summed E-state index contributed by atoms with van der Waals surface area (Å²) in [5.74, 6) is 0. The Labute approximate surface area is 136 Å². The number of nitrogens with zero attached hydrogens (tertiary/aromatic N) is 4. The molecule has 0 radical (unpaired) electrons. The summed E-state index contributed by atoms with van der Waals surface area (Å²) < 4.78 is 0. The lowest BCUT2D eigenvalue weighted by atomic mass is 10.1. The van der Waals surface area contributed by atoms with Crippen LogP contribution in [0.25, 0.3) is 0 Å². The lowest BCUT2D eigenvalue weighted by Gasteiger charge is -2.22. The maximum atomic E-state index is 8.54. The summed E-state index contributed by atoms with van der Waals surface area (Å²) in [5.41, 5.74) is 0. The second-order valence-electron chi connectivity index (χ2n) is 5.75. The van der Waals surface area contributed by atoms with Crippen molar-refractivity contribution in [3.63, 3.8) is 0 Å². The van der Waals surface area contributed by atoms with E-state index >= 15 is 0 Å². The van der Waals surface area contributed by atoms with Gasteiger partial charge in [-0.1, -0.05) is 19.3 Å². The van der Waals surface area contributed by atoms with Crippen LogP contribution in [0.1, 0.15) is 77.0 Å².